The van der Waals surface area contributed by atoms with E-state index in [1.807, 2.05) is 43.3 Å². The van der Waals surface area contributed by atoms with Crippen LogP contribution in [0.4, 0.5) is 21.7 Å². The Bertz CT molecular complexity index is 870. The molecule has 0 radical (unpaired) electrons. The van der Waals surface area contributed by atoms with E-state index in [2.05, 4.69) is 20.6 Å². The lowest BCUT2D eigenvalue weighted by molar-refractivity contribution is 0.610. The summed E-state index contributed by atoms with van der Waals surface area (Å²) in [5.41, 5.74) is 1.53. The highest BCUT2D eigenvalue weighted by Gasteiger charge is 2.04. The number of nitrogens with zero attached hydrogens (tertiary/aromatic N) is 2. The first-order valence-corrected chi connectivity index (χ1v) is 8.33. The highest BCUT2D eigenvalue weighted by molar-refractivity contribution is 6.30. The highest BCUT2D eigenvalue weighted by atomic mass is 35.5. The monoisotopic (exact) mass is 356 g/mol. The average molecular weight is 357 g/mol. The number of aromatic nitrogens is 2. The molecule has 0 unspecified atom stereocenters. The molecule has 3 aromatic rings. The van der Waals surface area contributed by atoms with Crippen molar-refractivity contribution in [3.05, 3.63) is 76.8 Å². The quantitative estimate of drug-likeness (QED) is 0.654. The lowest BCUT2D eigenvalue weighted by Gasteiger charge is -2.11. The van der Waals surface area contributed by atoms with E-state index in [9.17, 15) is 4.39 Å². The summed E-state index contributed by atoms with van der Waals surface area (Å²) in [6.07, 6.45) is 0.576. The SMILES string of the molecule is Cc1nc(NCCc2ccccc2F)cc(Nc2cccc(Cl)c2)n1. The zero-order valence-corrected chi connectivity index (χ0v) is 14.5. The van der Waals surface area contributed by atoms with Gasteiger partial charge in [-0.15, -0.1) is 0 Å². The molecule has 128 valence electrons. The summed E-state index contributed by atoms with van der Waals surface area (Å²) in [7, 11) is 0. The van der Waals surface area contributed by atoms with Crippen molar-refractivity contribution in [2.45, 2.75) is 13.3 Å². The van der Waals surface area contributed by atoms with Crippen LogP contribution >= 0.6 is 11.6 Å². The third kappa shape index (κ3) is 4.90. The van der Waals surface area contributed by atoms with Crippen molar-refractivity contribution in [2.24, 2.45) is 0 Å². The van der Waals surface area contributed by atoms with Gasteiger partial charge in [-0.1, -0.05) is 35.9 Å². The lowest BCUT2D eigenvalue weighted by atomic mass is 10.1. The smallest absolute Gasteiger partial charge is 0.136 e. The summed E-state index contributed by atoms with van der Waals surface area (Å²) < 4.78 is 13.6. The van der Waals surface area contributed by atoms with Crippen molar-refractivity contribution >= 4 is 28.9 Å². The lowest BCUT2D eigenvalue weighted by Crippen LogP contribution is -2.09. The number of anilines is 3. The van der Waals surface area contributed by atoms with Gasteiger partial charge in [0, 0.05) is 23.3 Å². The molecule has 3 rings (SSSR count). The Morgan fingerprint density at radius 1 is 1.00 bits per heavy atom. The topological polar surface area (TPSA) is 49.8 Å². The Balaban J connectivity index is 1.66. The van der Waals surface area contributed by atoms with Gasteiger partial charge < -0.3 is 10.6 Å². The van der Waals surface area contributed by atoms with Crippen LogP contribution in [0.3, 0.4) is 0 Å². The third-order valence-corrected chi connectivity index (χ3v) is 3.83. The molecule has 0 saturated carbocycles. The molecule has 0 spiro atoms. The summed E-state index contributed by atoms with van der Waals surface area (Å²) in [4.78, 5) is 8.74. The van der Waals surface area contributed by atoms with E-state index >= 15 is 0 Å². The van der Waals surface area contributed by atoms with E-state index in [1.165, 1.54) is 6.07 Å². The van der Waals surface area contributed by atoms with E-state index in [0.717, 1.165) is 5.69 Å². The number of nitrogens with one attached hydrogen (secondary N) is 2. The normalized spacial score (nSPS) is 10.5. The second kappa shape index (κ2) is 7.94. The van der Waals surface area contributed by atoms with Gasteiger partial charge in [-0.25, -0.2) is 14.4 Å². The average Bonchev–Trinajstić information content (AvgIpc) is 2.56. The van der Waals surface area contributed by atoms with Crippen LogP contribution in [0.15, 0.2) is 54.6 Å². The first kappa shape index (κ1) is 17.2. The molecule has 25 heavy (non-hydrogen) atoms. The van der Waals surface area contributed by atoms with E-state index < -0.39 is 0 Å². The minimum atomic E-state index is -0.188. The van der Waals surface area contributed by atoms with Crippen molar-refractivity contribution in [3.8, 4) is 0 Å². The minimum absolute atomic E-state index is 0.188. The van der Waals surface area contributed by atoms with Crippen LogP contribution in [0.1, 0.15) is 11.4 Å². The number of hydrogen-bond acceptors (Lipinski definition) is 4. The predicted molar refractivity (Wildman–Crippen MR) is 100 cm³/mol. The van der Waals surface area contributed by atoms with Gasteiger partial charge in [-0.05, 0) is 43.2 Å². The molecule has 0 bridgehead atoms. The molecule has 0 aliphatic carbocycles. The minimum Gasteiger partial charge on any atom is -0.370 e. The van der Waals surface area contributed by atoms with Crippen molar-refractivity contribution in [3.63, 3.8) is 0 Å². The fraction of sp³-hybridized carbons (Fsp3) is 0.158. The van der Waals surface area contributed by atoms with Crippen LogP contribution in [-0.2, 0) is 6.42 Å². The maximum absolute atomic E-state index is 13.6. The fourth-order valence-corrected chi connectivity index (χ4v) is 2.65. The zero-order chi connectivity index (χ0) is 17.6. The van der Waals surface area contributed by atoms with Gasteiger partial charge in [0.15, 0.2) is 0 Å². The van der Waals surface area contributed by atoms with Crippen molar-refractivity contribution in [1.29, 1.82) is 0 Å². The van der Waals surface area contributed by atoms with Crippen LogP contribution in [0.25, 0.3) is 0 Å². The number of aryl methyl sites for hydroxylation is 1. The molecular formula is C19H18ClFN4. The van der Waals surface area contributed by atoms with E-state index in [1.54, 1.807) is 12.1 Å². The number of benzene rings is 2. The van der Waals surface area contributed by atoms with Crippen LogP contribution in [0, 0.1) is 12.7 Å². The Labute approximate surface area is 151 Å². The third-order valence-electron chi connectivity index (χ3n) is 3.59. The van der Waals surface area contributed by atoms with Crippen LogP contribution < -0.4 is 10.6 Å². The second-order valence-corrected chi connectivity index (χ2v) is 6.03. The summed E-state index contributed by atoms with van der Waals surface area (Å²) in [5.74, 6) is 1.81. The molecule has 0 aliphatic heterocycles. The van der Waals surface area contributed by atoms with Gasteiger partial charge in [0.25, 0.3) is 0 Å². The number of rotatable bonds is 6. The number of hydrogen-bond donors (Lipinski definition) is 2. The van der Waals surface area contributed by atoms with Gasteiger partial charge in [0.2, 0.25) is 0 Å². The molecule has 2 aromatic carbocycles. The first-order valence-electron chi connectivity index (χ1n) is 7.96. The largest absolute Gasteiger partial charge is 0.370 e. The Kier molecular flexibility index (Phi) is 5.46. The Morgan fingerprint density at radius 2 is 1.80 bits per heavy atom. The Morgan fingerprint density at radius 3 is 2.60 bits per heavy atom. The molecule has 0 saturated heterocycles. The predicted octanol–water partition coefficient (Wildman–Crippen LogP) is 4.98. The first-order chi connectivity index (χ1) is 12.1. The molecule has 0 fully saturated rings. The van der Waals surface area contributed by atoms with E-state index in [0.29, 0.717) is 41.0 Å². The maximum atomic E-state index is 13.6. The van der Waals surface area contributed by atoms with Gasteiger partial charge in [-0.2, -0.15) is 0 Å². The zero-order valence-electron chi connectivity index (χ0n) is 13.8. The summed E-state index contributed by atoms with van der Waals surface area (Å²) in [5, 5.41) is 7.07. The molecule has 4 nitrogen and oxygen atoms in total. The van der Waals surface area contributed by atoms with Gasteiger partial charge in [0.05, 0.1) is 0 Å². The Hall–Kier alpha value is -2.66. The molecule has 0 amide bonds. The van der Waals surface area contributed by atoms with Crippen LogP contribution in [0.5, 0.6) is 0 Å². The van der Waals surface area contributed by atoms with Gasteiger partial charge in [0.1, 0.15) is 23.3 Å². The van der Waals surface area contributed by atoms with Crippen LogP contribution in [0.2, 0.25) is 5.02 Å². The van der Waals surface area contributed by atoms with Gasteiger partial charge >= 0.3 is 0 Å². The molecule has 0 aliphatic rings. The van der Waals surface area contributed by atoms with E-state index in [-0.39, 0.29) is 5.82 Å². The van der Waals surface area contributed by atoms with E-state index in [4.69, 9.17) is 11.6 Å². The molecule has 1 heterocycles. The maximum Gasteiger partial charge on any atom is 0.136 e. The summed E-state index contributed by atoms with van der Waals surface area (Å²) in [6.45, 7) is 2.40. The highest BCUT2D eigenvalue weighted by Crippen LogP contribution is 2.20. The van der Waals surface area contributed by atoms with Gasteiger partial charge in [-0.3, -0.25) is 0 Å². The molecule has 6 heteroatoms. The molecule has 1 aromatic heterocycles. The number of halogens is 2. The van der Waals surface area contributed by atoms with Crippen molar-refractivity contribution < 1.29 is 4.39 Å². The fourth-order valence-electron chi connectivity index (χ4n) is 2.46. The molecular weight excluding hydrogens is 339 g/mol. The molecule has 2 N–H and O–H groups in total. The van der Waals surface area contributed by atoms with Crippen LogP contribution in [-0.4, -0.2) is 16.5 Å². The molecule has 0 atom stereocenters. The van der Waals surface area contributed by atoms with Crippen molar-refractivity contribution in [1.82, 2.24) is 9.97 Å². The van der Waals surface area contributed by atoms with Crippen molar-refractivity contribution in [2.75, 3.05) is 17.2 Å². The second-order valence-electron chi connectivity index (χ2n) is 5.59. The summed E-state index contributed by atoms with van der Waals surface area (Å²) >= 11 is 6.00. The summed E-state index contributed by atoms with van der Waals surface area (Å²) in [6, 6.07) is 16.0. The standard InChI is InChI=1S/C19H18ClFN4/c1-13-23-18(22-10-9-14-5-2-3-8-17(14)21)12-19(24-13)25-16-7-4-6-15(20)11-16/h2-8,11-12H,9-10H2,1H3,(H2,22,23,24,25).